The number of allylic oxidation sites excluding steroid dienone is 3. The zero-order valence-corrected chi connectivity index (χ0v) is 18.3. The van der Waals surface area contributed by atoms with Crippen LogP contribution in [0.3, 0.4) is 0 Å². The van der Waals surface area contributed by atoms with Crippen LogP contribution >= 0.6 is 0 Å². The van der Waals surface area contributed by atoms with Crippen LogP contribution in [0, 0.1) is 5.82 Å². The lowest BCUT2D eigenvalue weighted by molar-refractivity contribution is -0.131. The largest absolute Gasteiger partial charge is 0.478 e. The predicted octanol–water partition coefficient (Wildman–Crippen LogP) is 6.83. The molecule has 0 aromatic heterocycles. The number of benzene rings is 2. The van der Waals surface area contributed by atoms with E-state index in [1.54, 1.807) is 12.1 Å². The Morgan fingerprint density at radius 3 is 2.37 bits per heavy atom. The van der Waals surface area contributed by atoms with E-state index in [1.165, 1.54) is 47.7 Å². The monoisotopic (exact) mass is 406 g/mol. The maximum absolute atomic E-state index is 13.6. The van der Waals surface area contributed by atoms with Gasteiger partial charge in [0.05, 0.1) is 0 Å². The number of carboxylic acid groups (broad SMARTS) is 1. The van der Waals surface area contributed by atoms with E-state index >= 15 is 0 Å². The minimum Gasteiger partial charge on any atom is -0.478 e. The molecular formula is C27H31FO2. The van der Waals surface area contributed by atoms with Gasteiger partial charge in [0.15, 0.2) is 0 Å². The smallest absolute Gasteiger partial charge is 0.328 e. The molecule has 0 saturated carbocycles. The van der Waals surface area contributed by atoms with Crippen molar-refractivity contribution in [2.24, 2.45) is 0 Å². The van der Waals surface area contributed by atoms with E-state index in [-0.39, 0.29) is 16.6 Å². The Labute approximate surface area is 179 Å². The molecule has 0 heterocycles. The molecule has 0 radical (unpaired) electrons. The van der Waals surface area contributed by atoms with Crippen LogP contribution in [0.5, 0.6) is 0 Å². The topological polar surface area (TPSA) is 37.3 Å². The van der Waals surface area contributed by atoms with Crippen molar-refractivity contribution in [2.45, 2.75) is 64.2 Å². The van der Waals surface area contributed by atoms with Crippen molar-refractivity contribution in [3.63, 3.8) is 0 Å². The van der Waals surface area contributed by atoms with Gasteiger partial charge in [-0.2, -0.15) is 0 Å². The van der Waals surface area contributed by atoms with Gasteiger partial charge in [0, 0.05) is 6.08 Å². The Morgan fingerprint density at radius 1 is 1.00 bits per heavy atom. The first-order valence-corrected chi connectivity index (χ1v) is 10.6. The number of aliphatic carboxylic acids is 1. The molecule has 2 aromatic rings. The summed E-state index contributed by atoms with van der Waals surface area (Å²) in [6.45, 7) is 9.29. The van der Waals surface area contributed by atoms with Gasteiger partial charge >= 0.3 is 5.97 Å². The maximum Gasteiger partial charge on any atom is 0.328 e. The summed E-state index contributed by atoms with van der Waals surface area (Å²) in [5.74, 6) is -1.35. The van der Waals surface area contributed by atoms with Gasteiger partial charge in [0.2, 0.25) is 0 Å². The Kier molecular flexibility index (Phi) is 6.30. The number of fused-ring (bicyclic) bond motifs is 1. The van der Waals surface area contributed by atoms with Gasteiger partial charge in [-0.15, -0.1) is 0 Å². The number of aryl methyl sites for hydroxylation is 1. The quantitative estimate of drug-likeness (QED) is 0.421. The van der Waals surface area contributed by atoms with Crippen molar-refractivity contribution in [2.75, 3.05) is 0 Å². The molecule has 0 spiro atoms. The van der Waals surface area contributed by atoms with E-state index in [0.717, 1.165) is 24.5 Å². The van der Waals surface area contributed by atoms with Crippen molar-refractivity contribution in [3.8, 4) is 0 Å². The van der Waals surface area contributed by atoms with Gasteiger partial charge in [0.1, 0.15) is 5.82 Å². The summed E-state index contributed by atoms with van der Waals surface area (Å²) in [5.41, 5.74) is 5.94. The average Bonchev–Trinajstić information content (AvgIpc) is 2.68. The van der Waals surface area contributed by atoms with E-state index in [9.17, 15) is 9.18 Å². The Morgan fingerprint density at radius 2 is 1.70 bits per heavy atom. The number of hydrogen-bond donors (Lipinski definition) is 1. The van der Waals surface area contributed by atoms with Crippen molar-refractivity contribution in [1.82, 2.24) is 0 Å². The lowest BCUT2D eigenvalue weighted by atomic mass is 9.63. The highest BCUT2D eigenvalue weighted by atomic mass is 19.1. The third kappa shape index (κ3) is 5.08. The molecule has 0 bridgehead atoms. The summed E-state index contributed by atoms with van der Waals surface area (Å²) in [6.07, 6.45) is 8.60. The molecule has 2 nitrogen and oxygen atoms in total. The molecule has 0 fully saturated rings. The standard InChI is InChI=1S/C27H31FO2/c1-26(2)15-16-27(3,4)24-17-19(11-13-23(24)26)7-5-8-20(12-14-25(29)30)21-9-6-10-22(28)18-21/h6,8-14,17-18H,5,7,15-16H2,1-4H3,(H,29,30)/b14-12+,20-8-. The second kappa shape index (κ2) is 8.59. The third-order valence-corrected chi connectivity index (χ3v) is 6.28. The molecule has 0 atom stereocenters. The van der Waals surface area contributed by atoms with Gasteiger partial charge in [-0.25, -0.2) is 9.18 Å². The summed E-state index contributed by atoms with van der Waals surface area (Å²) >= 11 is 0. The molecule has 2 aromatic carbocycles. The number of hydrogen-bond acceptors (Lipinski definition) is 1. The minimum atomic E-state index is -1.02. The minimum absolute atomic E-state index is 0.174. The number of carboxylic acids is 1. The van der Waals surface area contributed by atoms with Crippen LogP contribution in [0.15, 0.2) is 60.7 Å². The molecule has 0 unspecified atom stereocenters. The molecule has 1 aliphatic carbocycles. The maximum atomic E-state index is 13.6. The highest BCUT2D eigenvalue weighted by Crippen LogP contribution is 2.45. The number of carbonyl (C=O) groups is 1. The molecule has 30 heavy (non-hydrogen) atoms. The van der Waals surface area contributed by atoms with E-state index < -0.39 is 5.97 Å². The SMILES string of the molecule is CC1(C)CCC(C)(C)c2cc(CC/C=C(/C=C/C(=O)O)c3cccc(F)c3)ccc21. The van der Waals surface area contributed by atoms with Crippen LogP contribution in [0.2, 0.25) is 0 Å². The Hall–Kier alpha value is -2.68. The van der Waals surface area contributed by atoms with Crippen LogP contribution < -0.4 is 0 Å². The van der Waals surface area contributed by atoms with Crippen LogP contribution in [0.25, 0.3) is 5.57 Å². The van der Waals surface area contributed by atoms with Crippen LogP contribution in [0.1, 0.15) is 69.2 Å². The van der Waals surface area contributed by atoms with Gasteiger partial charge in [-0.1, -0.05) is 64.1 Å². The summed E-state index contributed by atoms with van der Waals surface area (Å²) < 4.78 is 13.6. The molecule has 0 aliphatic heterocycles. The summed E-state index contributed by atoms with van der Waals surface area (Å²) in [7, 11) is 0. The van der Waals surface area contributed by atoms with Crippen LogP contribution in [-0.2, 0) is 22.0 Å². The normalized spacial score (nSPS) is 17.7. The molecule has 1 aliphatic rings. The number of rotatable bonds is 6. The molecule has 3 heteroatoms. The van der Waals surface area contributed by atoms with E-state index in [2.05, 4.69) is 45.9 Å². The van der Waals surface area contributed by atoms with Crippen molar-refractivity contribution < 1.29 is 14.3 Å². The fourth-order valence-electron chi connectivity index (χ4n) is 4.30. The Balaban J connectivity index is 1.84. The Bertz CT molecular complexity index is 996. The number of halogens is 1. The van der Waals surface area contributed by atoms with Gasteiger partial charge in [-0.05, 0) is 82.5 Å². The van der Waals surface area contributed by atoms with Gasteiger partial charge in [0.25, 0.3) is 0 Å². The van der Waals surface area contributed by atoms with Crippen LogP contribution in [-0.4, -0.2) is 11.1 Å². The molecule has 0 saturated heterocycles. The lowest BCUT2D eigenvalue weighted by Crippen LogP contribution is -2.33. The third-order valence-electron chi connectivity index (χ3n) is 6.28. The van der Waals surface area contributed by atoms with Gasteiger partial charge in [-0.3, -0.25) is 0 Å². The van der Waals surface area contributed by atoms with E-state index in [4.69, 9.17) is 5.11 Å². The predicted molar refractivity (Wildman–Crippen MR) is 121 cm³/mol. The molecule has 3 rings (SSSR count). The molecule has 0 amide bonds. The zero-order chi connectivity index (χ0) is 21.9. The van der Waals surface area contributed by atoms with Crippen molar-refractivity contribution >= 4 is 11.5 Å². The second-order valence-electron chi connectivity index (χ2n) is 9.53. The van der Waals surface area contributed by atoms with E-state index in [1.807, 2.05) is 6.08 Å². The lowest BCUT2D eigenvalue weighted by Gasteiger charge is -2.42. The van der Waals surface area contributed by atoms with Crippen molar-refractivity contribution in [1.29, 1.82) is 0 Å². The van der Waals surface area contributed by atoms with Crippen LogP contribution in [0.4, 0.5) is 4.39 Å². The summed E-state index contributed by atoms with van der Waals surface area (Å²) in [4.78, 5) is 11.0. The highest BCUT2D eigenvalue weighted by molar-refractivity contribution is 5.85. The van der Waals surface area contributed by atoms with Gasteiger partial charge < -0.3 is 5.11 Å². The molecule has 1 N–H and O–H groups in total. The zero-order valence-electron chi connectivity index (χ0n) is 18.3. The first-order chi connectivity index (χ1) is 14.1. The summed E-state index contributed by atoms with van der Waals surface area (Å²) in [5, 5.41) is 8.98. The highest BCUT2D eigenvalue weighted by Gasteiger charge is 2.36. The van der Waals surface area contributed by atoms with E-state index in [0.29, 0.717) is 5.56 Å². The molecule has 158 valence electrons. The summed E-state index contributed by atoms with van der Waals surface area (Å²) in [6, 6.07) is 13.1. The fourth-order valence-corrected chi connectivity index (χ4v) is 4.30. The fraction of sp³-hybridized carbons (Fsp3) is 0.370. The first kappa shape index (κ1) is 22.0. The first-order valence-electron chi connectivity index (χ1n) is 10.6. The van der Waals surface area contributed by atoms with Crippen molar-refractivity contribution in [3.05, 3.63) is 88.8 Å². The second-order valence-corrected chi connectivity index (χ2v) is 9.53. The average molecular weight is 407 g/mol. The molecular weight excluding hydrogens is 375 g/mol.